The van der Waals surface area contributed by atoms with Crippen molar-refractivity contribution in [1.29, 1.82) is 0 Å². The lowest BCUT2D eigenvalue weighted by molar-refractivity contribution is -0.140. The van der Waals surface area contributed by atoms with Crippen molar-refractivity contribution in [3.05, 3.63) is 18.0 Å². The first-order valence-electron chi connectivity index (χ1n) is 7.61. The number of carbonyl (C=O) groups is 2. The van der Waals surface area contributed by atoms with E-state index in [-0.39, 0.29) is 11.6 Å². The Kier molecular flexibility index (Phi) is 4.98. The molecule has 116 valence electrons. The Hall–Kier alpha value is -1.85. The van der Waals surface area contributed by atoms with Gasteiger partial charge in [0.2, 0.25) is 0 Å². The van der Waals surface area contributed by atoms with Crippen LogP contribution in [0.1, 0.15) is 62.5 Å². The van der Waals surface area contributed by atoms with Crippen LogP contribution in [0.5, 0.6) is 0 Å². The topological polar surface area (TPSA) is 84.2 Å². The zero-order valence-electron chi connectivity index (χ0n) is 12.6. The fourth-order valence-corrected chi connectivity index (χ4v) is 2.73. The molecule has 1 aliphatic carbocycles. The minimum absolute atomic E-state index is 0.122. The molecule has 1 aliphatic rings. The summed E-state index contributed by atoms with van der Waals surface area (Å²) in [5.74, 6) is -1.55. The third-order valence-electron chi connectivity index (χ3n) is 4.31. The number of rotatable bonds is 6. The first-order chi connectivity index (χ1) is 10.0. The third-order valence-corrected chi connectivity index (χ3v) is 4.31. The summed E-state index contributed by atoms with van der Waals surface area (Å²) in [4.78, 5) is 23.4. The highest BCUT2D eigenvalue weighted by atomic mass is 16.4. The largest absolute Gasteiger partial charge is 0.480 e. The second kappa shape index (κ2) is 6.74. The molecule has 0 aliphatic heterocycles. The van der Waals surface area contributed by atoms with Gasteiger partial charge in [-0.3, -0.25) is 9.48 Å². The number of nitrogens with one attached hydrogen (secondary N) is 1. The molecule has 6 nitrogen and oxygen atoms in total. The number of aliphatic carboxylic acids is 1. The number of carboxylic acid groups (broad SMARTS) is 1. The molecule has 1 aromatic heterocycles. The van der Waals surface area contributed by atoms with Crippen molar-refractivity contribution in [2.45, 2.75) is 58.0 Å². The molecule has 2 rings (SSSR count). The smallest absolute Gasteiger partial charge is 0.326 e. The molecule has 2 N–H and O–H groups in total. The molecule has 0 saturated heterocycles. The van der Waals surface area contributed by atoms with Crippen LogP contribution in [0, 0.1) is 5.92 Å². The Morgan fingerprint density at radius 3 is 2.71 bits per heavy atom. The first-order valence-corrected chi connectivity index (χ1v) is 7.61. The summed E-state index contributed by atoms with van der Waals surface area (Å²) in [6, 6.07) is 1.15. The highest BCUT2D eigenvalue weighted by molar-refractivity contribution is 5.94. The molecule has 0 aromatic carbocycles. The van der Waals surface area contributed by atoms with E-state index in [1.165, 1.54) is 12.8 Å². The summed E-state index contributed by atoms with van der Waals surface area (Å²) < 4.78 is 1.83. The van der Waals surface area contributed by atoms with Crippen molar-refractivity contribution in [1.82, 2.24) is 15.1 Å². The maximum absolute atomic E-state index is 12.2. The molecule has 0 spiro atoms. The number of amides is 1. The lowest BCUT2D eigenvalue weighted by Gasteiger charge is -2.19. The van der Waals surface area contributed by atoms with Gasteiger partial charge in [0.15, 0.2) is 0 Å². The van der Waals surface area contributed by atoms with Crippen LogP contribution in [0.25, 0.3) is 0 Å². The number of hydrogen-bond acceptors (Lipinski definition) is 3. The lowest BCUT2D eigenvalue weighted by atomic mass is 9.99. The molecule has 2 unspecified atom stereocenters. The average Bonchev–Trinajstić information content (AvgIpc) is 3.12. The third kappa shape index (κ3) is 3.62. The molecule has 0 radical (unpaired) electrons. The van der Waals surface area contributed by atoms with Gasteiger partial charge in [-0.1, -0.05) is 33.1 Å². The number of aromatic nitrogens is 2. The quantitative estimate of drug-likeness (QED) is 0.842. The number of carbonyl (C=O) groups excluding carboxylic acids is 1. The Bertz CT molecular complexity index is 506. The predicted octanol–water partition coefficient (Wildman–Crippen LogP) is 2.23. The van der Waals surface area contributed by atoms with Gasteiger partial charge < -0.3 is 10.4 Å². The van der Waals surface area contributed by atoms with E-state index in [9.17, 15) is 14.7 Å². The van der Waals surface area contributed by atoms with E-state index in [0.717, 1.165) is 12.8 Å². The normalized spacial score (nSPS) is 18.4. The Labute approximate surface area is 124 Å². The lowest BCUT2D eigenvalue weighted by Crippen LogP contribution is -2.45. The first kappa shape index (κ1) is 15.5. The monoisotopic (exact) mass is 293 g/mol. The molecule has 0 bridgehead atoms. The van der Waals surface area contributed by atoms with Crippen LogP contribution >= 0.6 is 0 Å². The molecular weight excluding hydrogens is 270 g/mol. The van der Waals surface area contributed by atoms with Crippen LogP contribution < -0.4 is 5.32 Å². The summed E-state index contributed by atoms with van der Waals surface area (Å²) in [6.45, 7) is 3.72. The fourth-order valence-electron chi connectivity index (χ4n) is 2.73. The Morgan fingerprint density at radius 2 is 2.14 bits per heavy atom. The number of carboxylic acids is 1. The second-order valence-electron chi connectivity index (χ2n) is 5.79. The van der Waals surface area contributed by atoms with Crippen LogP contribution in [-0.4, -0.2) is 32.8 Å². The van der Waals surface area contributed by atoms with E-state index in [2.05, 4.69) is 10.4 Å². The molecule has 2 atom stereocenters. The van der Waals surface area contributed by atoms with Crippen molar-refractivity contribution >= 4 is 11.9 Å². The average molecular weight is 293 g/mol. The number of hydrogen-bond donors (Lipinski definition) is 2. The molecule has 1 aromatic rings. The van der Waals surface area contributed by atoms with Gasteiger partial charge >= 0.3 is 5.97 Å². The van der Waals surface area contributed by atoms with Crippen molar-refractivity contribution in [3.8, 4) is 0 Å². The minimum atomic E-state index is -1.01. The van der Waals surface area contributed by atoms with Gasteiger partial charge in [0.25, 0.3) is 5.91 Å². The van der Waals surface area contributed by atoms with Gasteiger partial charge in [-0.15, -0.1) is 0 Å². The van der Waals surface area contributed by atoms with E-state index >= 15 is 0 Å². The van der Waals surface area contributed by atoms with E-state index in [0.29, 0.717) is 12.5 Å². The molecule has 21 heavy (non-hydrogen) atoms. The maximum atomic E-state index is 12.2. The van der Waals surface area contributed by atoms with Crippen molar-refractivity contribution in [3.63, 3.8) is 0 Å². The SMILES string of the molecule is CCC(C)C(NC(=O)c1ccn(C2CCCC2)n1)C(=O)O. The minimum Gasteiger partial charge on any atom is -0.480 e. The van der Waals surface area contributed by atoms with E-state index in [1.54, 1.807) is 6.07 Å². The molecule has 1 heterocycles. The molecule has 1 amide bonds. The summed E-state index contributed by atoms with van der Waals surface area (Å²) in [5, 5.41) is 16.1. The molecule has 1 fully saturated rings. The maximum Gasteiger partial charge on any atom is 0.326 e. The van der Waals surface area contributed by atoms with E-state index < -0.39 is 17.9 Å². The van der Waals surface area contributed by atoms with Gasteiger partial charge in [-0.25, -0.2) is 4.79 Å². The van der Waals surface area contributed by atoms with E-state index in [1.807, 2.05) is 24.7 Å². The van der Waals surface area contributed by atoms with Crippen LogP contribution in [0.3, 0.4) is 0 Å². The van der Waals surface area contributed by atoms with Crippen LogP contribution in [-0.2, 0) is 4.79 Å². The zero-order valence-corrected chi connectivity index (χ0v) is 12.6. The van der Waals surface area contributed by atoms with Gasteiger partial charge in [0.1, 0.15) is 11.7 Å². The van der Waals surface area contributed by atoms with Crippen LogP contribution in [0.4, 0.5) is 0 Å². The number of nitrogens with zero attached hydrogens (tertiary/aromatic N) is 2. The highest BCUT2D eigenvalue weighted by Gasteiger charge is 2.27. The Balaban J connectivity index is 2.03. The standard InChI is InChI=1S/C15H23N3O3/c1-3-10(2)13(15(20)21)16-14(19)12-8-9-18(17-12)11-6-4-5-7-11/h8-11,13H,3-7H2,1-2H3,(H,16,19)(H,20,21). The highest BCUT2D eigenvalue weighted by Crippen LogP contribution is 2.28. The van der Waals surface area contributed by atoms with Gasteiger partial charge in [-0.05, 0) is 24.8 Å². The second-order valence-corrected chi connectivity index (χ2v) is 5.79. The van der Waals surface area contributed by atoms with Gasteiger partial charge in [-0.2, -0.15) is 5.10 Å². The molecule has 1 saturated carbocycles. The molecule has 6 heteroatoms. The summed E-state index contributed by atoms with van der Waals surface area (Å²) in [6.07, 6.45) is 7.07. The van der Waals surface area contributed by atoms with Crippen molar-refractivity contribution in [2.24, 2.45) is 5.92 Å². The van der Waals surface area contributed by atoms with Crippen LogP contribution in [0.2, 0.25) is 0 Å². The molecular formula is C15H23N3O3. The van der Waals surface area contributed by atoms with Crippen molar-refractivity contribution in [2.75, 3.05) is 0 Å². The summed E-state index contributed by atoms with van der Waals surface area (Å²) in [7, 11) is 0. The van der Waals surface area contributed by atoms with Gasteiger partial charge in [0.05, 0.1) is 6.04 Å². The van der Waals surface area contributed by atoms with Gasteiger partial charge in [0, 0.05) is 6.20 Å². The van der Waals surface area contributed by atoms with Crippen LogP contribution in [0.15, 0.2) is 12.3 Å². The fraction of sp³-hybridized carbons (Fsp3) is 0.667. The predicted molar refractivity (Wildman–Crippen MR) is 78.1 cm³/mol. The Morgan fingerprint density at radius 1 is 1.48 bits per heavy atom. The summed E-state index contributed by atoms with van der Waals surface area (Å²) in [5.41, 5.74) is 0.288. The zero-order chi connectivity index (χ0) is 15.4. The van der Waals surface area contributed by atoms with Crippen molar-refractivity contribution < 1.29 is 14.7 Å². The van der Waals surface area contributed by atoms with E-state index in [4.69, 9.17) is 0 Å². The summed E-state index contributed by atoms with van der Waals surface area (Å²) >= 11 is 0.